The molecule has 77 heavy (non-hydrogen) atoms. The molecule has 0 aliphatic heterocycles. The molecule has 0 fully saturated rings. The first-order valence-electron chi connectivity index (χ1n) is 34.8. The van der Waals surface area contributed by atoms with Gasteiger partial charge in [-0.2, -0.15) is 0 Å². The zero-order valence-corrected chi connectivity index (χ0v) is 52.3. The average molecular weight is 1080 g/mol. The Morgan fingerprint density at radius 1 is 0.247 bits per heavy atom. The van der Waals surface area contributed by atoms with Crippen LogP contribution in [0.25, 0.3) is 0 Å². The fraction of sp³-hybridized carbons (Fsp3) is 0.901. The van der Waals surface area contributed by atoms with Gasteiger partial charge in [0.1, 0.15) is 13.2 Å². The maximum Gasteiger partial charge on any atom is 0.306 e. The number of ether oxygens (including phenoxy) is 3. The molecule has 454 valence electrons. The number of allylic oxidation sites excluding steroid dienone is 4. The number of hydrogen-bond donors (Lipinski definition) is 0. The topological polar surface area (TPSA) is 78.9 Å². The van der Waals surface area contributed by atoms with Gasteiger partial charge in [0.2, 0.25) is 0 Å². The second kappa shape index (κ2) is 66.4. The maximum atomic E-state index is 12.9. The summed E-state index contributed by atoms with van der Waals surface area (Å²) in [6.07, 6.45) is 80.5. The van der Waals surface area contributed by atoms with Crippen molar-refractivity contribution < 1.29 is 28.6 Å². The van der Waals surface area contributed by atoms with Gasteiger partial charge in [0.05, 0.1) is 0 Å². The Balaban J connectivity index is 4.26. The van der Waals surface area contributed by atoms with E-state index in [0.29, 0.717) is 19.3 Å². The minimum Gasteiger partial charge on any atom is -0.462 e. The van der Waals surface area contributed by atoms with E-state index < -0.39 is 6.10 Å². The second-order valence-electron chi connectivity index (χ2n) is 23.8. The van der Waals surface area contributed by atoms with Gasteiger partial charge in [0.25, 0.3) is 0 Å². The quantitative estimate of drug-likeness (QED) is 0.0261. The first kappa shape index (κ1) is 74.9. The van der Waals surface area contributed by atoms with E-state index in [9.17, 15) is 14.4 Å². The summed E-state index contributed by atoms with van der Waals surface area (Å²) >= 11 is 0. The van der Waals surface area contributed by atoms with Gasteiger partial charge >= 0.3 is 17.9 Å². The fourth-order valence-electron chi connectivity index (χ4n) is 10.7. The van der Waals surface area contributed by atoms with Crippen molar-refractivity contribution in [1.82, 2.24) is 0 Å². The van der Waals surface area contributed by atoms with Gasteiger partial charge in [-0.05, 0) is 70.6 Å². The van der Waals surface area contributed by atoms with Crippen LogP contribution in [-0.4, -0.2) is 37.2 Å². The third kappa shape index (κ3) is 64.6. The summed E-state index contributed by atoms with van der Waals surface area (Å²) in [5.41, 5.74) is 0. The summed E-state index contributed by atoms with van der Waals surface area (Å²) in [7, 11) is 0. The summed E-state index contributed by atoms with van der Waals surface area (Å²) < 4.78 is 17.0. The van der Waals surface area contributed by atoms with Crippen LogP contribution in [0.5, 0.6) is 0 Å². The maximum absolute atomic E-state index is 12.9. The predicted molar refractivity (Wildman–Crippen MR) is 335 cm³/mol. The SMILES string of the molecule is CCCCCCCC/C=C\CCCCCCCCCC(=O)OC(COC(=O)CCCCCCCCCCCCCCC/C=C\CCCCCCCCCC)COC(=O)CCCCCCCCCCCCCCCCCCC. The van der Waals surface area contributed by atoms with Crippen LogP contribution in [0.3, 0.4) is 0 Å². The Morgan fingerprint density at radius 3 is 0.649 bits per heavy atom. The molecule has 0 saturated carbocycles. The molecule has 0 heterocycles. The van der Waals surface area contributed by atoms with Crippen LogP contribution in [0.4, 0.5) is 0 Å². The number of esters is 3. The molecule has 0 N–H and O–H groups in total. The molecule has 0 spiro atoms. The van der Waals surface area contributed by atoms with Crippen LogP contribution in [0.15, 0.2) is 24.3 Å². The summed E-state index contributed by atoms with van der Waals surface area (Å²) in [5, 5.41) is 0. The van der Waals surface area contributed by atoms with Crippen molar-refractivity contribution in [2.45, 2.75) is 399 Å². The van der Waals surface area contributed by atoms with Crippen LogP contribution in [0.1, 0.15) is 393 Å². The Hall–Kier alpha value is -2.11. The normalized spacial score (nSPS) is 12.1. The van der Waals surface area contributed by atoms with E-state index in [0.717, 1.165) is 57.8 Å². The van der Waals surface area contributed by atoms with Crippen molar-refractivity contribution in [3.8, 4) is 0 Å². The van der Waals surface area contributed by atoms with Crippen molar-refractivity contribution in [3.63, 3.8) is 0 Å². The van der Waals surface area contributed by atoms with Crippen molar-refractivity contribution in [3.05, 3.63) is 24.3 Å². The molecule has 0 bridgehead atoms. The van der Waals surface area contributed by atoms with Gasteiger partial charge < -0.3 is 14.2 Å². The molecule has 0 aliphatic carbocycles. The van der Waals surface area contributed by atoms with Crippen LogP contribution in [0.2, 0.25) is 0 Å². The number of unbranched alkanes of at least 4 members (excludes halogenated alkanes) is 50. The standard InChI is InChI=1S/C71H134O6/c1-4-7-10-13-16-19-22-25-28-31-32-33-34-35-36-37-38-41-43-46-49-52-55-58-61-64-70(73)76-67-68(77-71(74)65-62-59-56-53-50-47-44-40-30-27-24-21-18-15-12-9-6-3)66-75-69(72)63-60-57-54-51-48-45-42-39-29-26-23-20-17-14-11-8-5-2/h27,30-32,68H,4-26,28-29,33-67H2,1-3H3/b30-27-,32-31-. The second-order valence-corrected chi connectivity index (χ2v) is 23.8. The Labute approximate surface area is 481 Å². The minimum absolute atomic E-state index is 0.0671. The highest BCUT2D eigenvalue weighted by Gasteiger charge is 2.19. The van der Waals surface area contributed by atoms with Crippen LogP contribution in [0, 0.1) is 0 Å². The lowest BCUT2D eigenvalue weighted by atomic mass is 10.0. The Bertz CT molecular complexity index is 1240. The molecule has 1 unspecified atom stereocenters. The van der Waals surface area contributed by atoms with Gasteiger partial charge in [-0.15, -0.1) is 0 Å². The number of rotatable bonds is 65. The predicted octanol–water partition coefficient (Wildman–Crippen LogP) is 23.8. The molecule has 0 aliphatic rings. The highest BCUT2D eigenvalue weighted by atomic mass is 16.6. The summed E-state index contributed by atoms with van der Waals surface area (Å²) in [6, 6.07) is 0. The first-order chi connectivity index (χ1) is 38.0. The number of carbonyl (C=O) groups excluding carboxylic acids is 3. The van der Waals surface area contributed by atoms with Crippen molar-refractivity contribution >= 4 is 17.9 Å². The summed E-state index contributed by atoms with van der Waals surface area (Å²) in [6.45, 7) is 6.71. The highest BCUT2D eigenvalue weighted by Crippen LogP contribution is 2.18. The molecule has 6 nitrogen and oxygen atoms in total. The van der Waals surface area contributed by atoms with E-state index in [2.05, 4.69) is 45.1 Å². The fourth-order valence-corrected chi connectivity index (χ4v) is 10.7. The molecular weight excluding hydrogens is 949 g/mol. The van der Waals surface area contributed by atoms with Gasteiger partial charge in [-0.3, -0.25) is 14.4 Å². The molecule has 0 amide bonds. The monoisotopic (exact) mass is 1080 g/mol. The van der Waals surface area contributed by atoms with Crippen molar-refractivity contribution in [2.75, 3.05) is 13.2 Å². The molecule has 0 saturated heterocycles. The lowest BCUT2D eigenvalue weighted by Crippen LogP contribution is -2.30. The molecule has 0 aromatic heterocycles. The van der Waals surface area contributed by atoms with Gasteiger partial charge in [0.15, 0.2) is 6.10 Å². The minimum atomic E-state index is -0.771. The highest BCUT2D eigenvalue weighted by molar-refractivity contribution is 5.71. The molecule has 1 atom stereocenters. The van der Waals surface area contributed by atoms with Crippen LogP contribution >= 0.6 is 0 Å². The molecule has 0 radical (unpaired) electrons. The average Bonchev–Trinajstić information content (AvgIpc) is 3.43. The van der Waals surface area contributed by atoms with E-state index >= 15 is 0 Å². The smallest absolute Gasteiger partial charge is 0.306 e. The lowest BCUT2D eigenvalue weighted by molar-refractivity contribution is -0.167. The summed E-state index contributed by atoms with van der Waals surface area (Å²) in [5.74, 6) is -0.840. The number of hydrogen-bond acceptors (Lipinski definition) is 6. The van der Waals surface area contributed by atoms with Crippen molar-refractivity contribution in [2.24, 2.45) is 0 Å². The molecule has 0 aromatic carbocycles. The Kier molecular flexibility index (Phi) is 64.6. The van der Waals surface area contributed by atoms with Crippen LogP contribution < -0.4 is 0 Å². The van der Waals surface area contributed by atoms with E-state index in [1.54, 1.807) is 0 Å². The zero-order valence-electron chi connectivity index (χ0n) is 52.3. The van der Waals surface area contributed by atoms with E-state index in [1.165, 1.54) is 295 Å². The molecular formula is C71H134O6. The van der Waals surface area contributed by atoms with E-state index in [1.807, 2.05) is 0 Å². The van der Waals surface area contributed by atoms with E-state index in [4.69, 9.17) is 14.2 Å². The summed E-state index contributed by atoms with van der Waals surface area (Å²) in [4.78, 5) is 38.4. The largest absolute Gasteiger partial charge is 0.462 e. The Morgan fingerprint density at radius 2 is 0.429 bits per heavy atom. The third-order valence-corrected chi connectivity index (χ3v) is 15.9. The first-order valence-corrected chi connectivity index (χ1v) is 34.8. The molecule has 0 aromatic rings. The molecule has 0 rings (SSSR count). The van der Waals surface area contributed by atoms with E-state index in [-0.39, 0.29) is 31.1 Å². The van der Waals surface area contributed by atoms with Crippen molar-refractivity contribution in [1.29, 1.82) is 0 Å². The zero-order chi connectivity index (χ0) is 55.7. The lowest BCUT2D eigenvalue weighted by Gasteiger charge is -2.18. The molecule has 6 heteroatoms. The van der Waals surface area contributed by atoms with Gasteiger partial charge in [0, 0.05) is 19.3 Å². The number of carbonyl (C=O) groups is 3. The van der Waals surface area contributed by atoms with Gasteiger partial charge in [-0.25, -0.2) is 0 Å². The van der Waals surface area contributed by atoms with Gasteiger partial charge in [-0.1, -0.05) is 328 Å². The van der Waals surface area contributed by atoms with Crippen LogP contribution in [-0.2, 0) is 28.6 Å². The third-order valence-electron chi connectivity index (χ3n) is 15.9.